The molecule has 1 amide bonds. The topological polar surface area (TPSA) is 37.4 Å². The number of rotatable bonds is 6. The Morgan fingerprint density at radius 2 is 1.85 bits per heavy atom. The van der Waals surface area contributed by atoms with Crippen LogP contribution in [0.3, 0.4) is 0 Å². The first kappa shape index (κ1) is 18.8. The molecule has 0 heterocycles. The Morgan fingerprint density at radius 3 is 2.65 bits per heavy atom. The van der Waals surface area contributed by atoms with Crippen molar-refractivity contribution in [2.24, 2.45) is 0 Å². The number of carbonyl (C=O) groups excluding carboxylic acids is 2. The normalized spacial score (nSPS) is 12.7. The quantitative estimate of drug-likeness (QED) is 0.638. The fourth-order valence-electron chi connectivity index (χ4n) is 3.31. The molecule has 2 aromatic rings. The number of hydrogen-bond acceptors (Lipinski definition) is 2. The monoisotopic (exact) mass is 417 g/mol. The third kappa shape index (κ3) is 4.39. The van der Waals surface area contributed by atoms with Crippen LogP contribution in [0.1, 0.15) is 46.3 Å². The number of aryl methyl sites for hydroxylation is 2. The lowest BCUT2D eigenvalue weighted by molar-refractivity contribution is -0.130. The Morgan fingerprint density at radius 1 is 1.08 bits per heavy atom. The number of fused-ring (bicyclic) bond motifs is 1. The Balaban J connectivity index is 1.56. The van der Waals surface area contributed by atoms with Crippen LogP contribution in [-0.4, -0.2) is 23.6 Å². The van der Waals surface area contributed by atoms with E-state index in [1.807, 2.05) is 18.2 Å². The van der Waals surface area contributed by atoms with E-state index in [2.05, 4.69) is 15.9 Å². The highest BCUT2D eigenvalue weighted by Crippen LogP contribution is 2.23. The fourth-order valence-corrected chi connectivity index (χ4v) is 3.72. The smallest absolute Gasteiger partial charge is 0.223 e. The van der Waals surface area contributed by atoms with E-state index < -0.39 is 0 Å². The lowest BCUT2D eigenvalue weighted by Crippen LogP contribution is -2.27. The van der Waals surface area contributed by atoms with Crippen LogP contribution in [-0.2, 0) is 24.2 Å². The summed E-state index contributed by atoms with van der Waals surface area (Å²) in [6.45, 7) is 0.178. The van der Waals surface area contributed by atoms with Crippen molar-refractivity contribution < 1.29 is 14.0 Å². The molecule has 0 N–H and O–H groups in total. The molecule has 5 heteroatoms. The van der Waals surface area contributed by atoms with Crippen molar-refractivity contribution in [3.8, 4) is 0 Å². The highest BCUT2D eigenvalue weighted by molar-refractivity contribution is 9.10. The minimum absolute atomic E-state index is 0.0184. The summed E-state index contributed by atoms with van der Waals surface area (Å²) >= 11 is 3.31. The van der Waals surface area contributed by atoms with Crippen molar-refractivity contribution >= 4 is 27.6 Å². The molecule has 0 radical (unpaired) electrons. The second kappa shape index (κ2) is 8.12. The summed E-state index contributed by atoms with van der Waals surface area (Å²) in [4.78, 5) is 26.2. The molecule has 0 saturated carbocycles. The van der Waals surface area contributed by atoms with Crippen LogP contribution >= 0.6 is 15.9 Å². The SMILES string of the molecule is CN(Cc1cc(Br)ccc1F)C(=O)CCC(=O)c1ccc2c(c1)CCC2. The molecular formula is C21H21BrFNO2. The molecule has 0 fully saturated rings. The molecule has 1 aliphatic carbocycles. The molecule has 2 aromatic carbocycles. The predicted molar refractivity (Wildman–Crippen MR) is 103 cm³/mol. The van der Waals surface area contributed by atoms with Crippen molar-refractivity contribution in [1.29, 1.82) is 0 Å². The Hall–Kier alpha value is -2.01. The van der Waals surface area contributed by atoms with Gasteiger partial charge in [-0.05, 0) is 54.7 Å². The minimum Gasteiger partial charge on any atom is -0.341 e. The van der Waals surface area contributed by atoms with E-state index in [1.165, 1.54) is 22.1 Å². The molecule has 0 aromatic heterocycles. The van der Waals surface area contributed by atoms with Gasteiger partial charge in [0.25, 0.3) is 0 Å². The molecule has 3 rings (SSSR count). The maximum atomic E-state index is 13.8. The highest BCUT2D eigenvalue weighted by atomic mass is 79.9. The molecule has 3 nitrogen and oxygen atoms in total. The van der Waals surface area contributed by atoms with E-state index in [9.17, 15) is 14.0 Å². The Kier molecular flexibility index (Phi) is 5.87. The largest absolute Gasteiger partial charge is 0.341 e. The minimum atomic E-state index is -0.345. The van der Waals surface area contributed by atoms with Crippen molar-refractivity contribution in [1.82, 2.24) is 4.90 Å². The van der Waals surface area contributed by atoms with Gasteiger partial charge in [-0.3, -0.25) is 9.59 Å². The van der Waals surface area contributed by atoms with E-state index in [-0.39, 0.29) is 36.9 Å². The molecule has 26 heavy (non-hydrogen) atoms. The van der Waals surface area contributed by atoms with Crippen molar-refractivity contribution in [2.45, 2.75) is 38.6 Å². The van der Waals surface area contributed by atoms with E-state index >= 15 is 0 Å². The summed E-state index contributed by atoms with van der Waals surface area (Å²) in [5.74, 6) is -0.531. The molecule has 0 saturated heterocycles. The maximum absolute atomic E-state index is 13.8. The van der Waals surface area contributed by atoms with Gasteiger partial charge in [0.1, 0.15) is 5.82 Å². The van der Waals surface area contributed by atoms with Gasteiger partial charge in [-0.2, -0.15) is 0 Å². The summed E-state index contributed by atoms with van der Waals surface area (Å²) in [6, 6.07) is 10.5. The van der Waals surface area contributed by atoms with Crippen LogP contribution in [0.4, 0.5) is 4.39 Å². The first-order valence-corrected chi connectivity index (χ1v) is 9.56. The zero-order chi connectivity index (χ0) is 18.7. The second-order valence-electron chi connectivity index (χ2n) is 6.75. The third-order valence-electron chi connectivity index (χ3n) is 4.83. The molecule has 0 unspecified atom stereocenters. The van der Waals surface area contributed by atoms with Crippen LogP contribution in [0.2, 0.25) is 0 Å². The van der Waals surface area contributed by atoms with Gasteiger partial charge in [-0.1, -0.05) is 28.1 Å². The van der Waals surface area contributed by atoms with Gasteiger partial charge in [0, 0.05) is 42.0 Å². The van der Waals surface area contributed by atoms with Gasteiger partial charge >= 0.3 is 0 Å². The number of halogens is 2. The van der Waals surface area contributed by atoms with Crippen LogP contribution in [0.25, 0.3) is 0 Å². The molecular weight excluding hydrogens is 397 g/mol. The van der Waals surface area contributed by atoms with E-state index in [0.717, 1.165) is 23.7 Å². The first-order chi connectivity index (χ1) is 12.4. The summed E-state index contributed by atoms with van der Waals surface area (Å²) in [5, 5.41) is 0. The predicted octanol–water partition coefficient (Wildman–Crippen LogP) is 4.70. The lowest BCUT2D eigenvalue weighted by Gasteiger charge is -2.18. The number of amides is 1. The molecule has 136 valence electrons. The standard InChI is InChI=1S/C21H21BrFNO2/c1-24(13-17-12-18(22)7-8-19(17)23)21(26)10-9-20(25)16-6-5-14-3-2-4-15(14)11-16/h5-8,11-12H,2-4,9-10,13H2,1H3. The van der Waals surface area contributed by atoms with E-state index in [1.54, 1.807) is 19.2 Å². The zero-order valence-electron chi connectivity index (χ0n) is 14.7. The van der Waals surface area contributed by atoms with Crippen LogP contribution < -0.4 is 0 Å². The third-order valence-corrected chi connectivity index (χ3v) is 5.32. The van der Waals surface area contributed by atoms with Crippen molar-refractivity contribution in [2.75, 3.05) is 7.05 Å². The zero-order valence-corrected chi connectivity index (χ0v) is 16.3. The summed E-state index contributed by atoms with van der Waals surface area (Å²) in [5.41, 5.74) is 3.71. The lowest BCUT2D eigenvalue weighted by atomic mass is 10.0. The highest BCUT2D eigenvalue weighted by Gasteiger charge is 2.17. The summed E-state index contributed by atoms with van der Waals surface area (Å²) < 4.78 is 14.6. The van der Waals surface area contributed by atoms with Crippen molar-refractivity contribution in [3.05, 3.63) is 68.9 Å². The molecule has 0 aliphatic heterocycles. The average Bonchev–Trinajstić information content (AvgIpc) is 3.10. The van der Waals surface area contributed by atoms with Crippen LogP contribution in [0.15, 0.2) is 40.9 Å². The second-order valence-corrected chi connectivity index (χ2v) is 7.66. The number of ketones is 1. The molecule has 0 spiro atoms. The van der Waals surface area contributed by atoms with E-state index in [0.29, 0.717) is 11.1 Å². The van der Waals surface area contributed by atoms with Crippen LogP contribution in [0, 0.1) is 5.82 Å². The Bertz CT molecular complexity index is 850. The van der Waals surface area contributed by atoms with Gasteiger partial charge in [0.15, 0.2) is 5.78 Å². The van der Waals surface area contributed by atoms with Gasteiger partial charge in [0.2, 0.25) is 5.91 Å². The number of carbonyl (C=O) groups is 2. The van der Waals surface area contributed by atoms with E-state index in [4.69, 9.17) is 0 Å². The summed E-state index contributed by atoms with van der Waals surface area (Å²) in [6.07, 6.45) is 3.54. The molecule has 0 atom stereocenters. The van der Waals surface area contributed by atoms with Gasteiger partial charge in [0.05, 0.1) is 0 Å². The van der Waals surface area contributed by atoms with Crippen molar-refractivity contribution in [3.63, 3.8) is 0 Å². The number of nitrogens with zero attached hydrogens (tertiary/aromatic N) is 1. The first-order valence-electron chi connectivity index (χ1n) is 8.77. The number of hydrogen-bond donors (Lipinski definition) is 0. The van der Waals surface area contributed by atoms with Gasteiger partial charge in [-0.25, -0.2) is 4.39 Å². The fraction of sp³-hybridized carbons (Fsp3) is 0.333. The maximum Gasteiger partial charge on any atom is 0.223 e. The Labute approximate surface area is 161 Å². The number of Topliss-reactive ketones (excluding diaryl/α,β-unsaturated/α-hetero) is 1. The van der Waals surface area contributed by atoms with Gasteiger partial charge in [-0.15, -0.1) is 0 Å². The average molecular weight is 418 g/mol. The van der Waals surface area contributed by atoms with Gasteiger partial charge < -0.3 is 4.90 Å². The molecule has 1 aliphatic rings. The van der Waals surface area contributed by atoms with Crippen LogP contribution in [0.5, 0.6) is 0 Å². The summed E-state index contributed by atoms with van der Waals surface area (Å²) in [7, 11) is 1.63. The number of benzene rings is 2. The molecule has 0 bridgehead atoms.